The molecular formula is C13H25FN2O2. The van der Waals surface area contributed by atoms with Gasteiger partial charge in [-0.15, -0.1) is 0 Å². The molecule has 0 atom stereocenters. The van der Waals surface area contributed by atoms with E-state index in [2.05, 4.69) is 4.90 Å². The topological polar surface area (TPSA) is 32.8 Å². The molecule has 0 aliphatic carbocycles. The molecule has 0 aromatic carbocycles. The zero-order chi connectivity index (χ0) is 14.0. The summed E-state index contributed by atoms with van der Waals surface area (Å²) in [4.78, 5) is 15.6. The molecule has 0 radical (unpaired) electrons. The minimum atomic E-state index is -0.466. The molecule has 0 saturated carbocycles. The van der Waals surface area contributed by atoms with Crippen LogP contribution in [0.4, 0.5) is 9.18 Å². The van der Waals surface area contributed by atoms with E-state index in [0.717, 1.165) is 0 Å². The Bertz CT molecular complexity index is 292. The van der Waals surface area contributed by atoms with Gasteiger partial charge in [0.05, 0.1) is 0 Å². The van der Waals surface area contributed by atoms with Crippen LogP contribution < -0.4 is 0 Å². The Balaban J connectivity index is 2.47. The van der Waals surface area contributed by atoms with Gasteiger partial charge in [0.15, 0.2) is 0 Å². The first-order valence-electron chi connectivity index (χ1n) is 6.45. The standard InChI is InChI=1S/C13H25FN2O2/c1-12(2,3)18-11(17)15-6-8-16(9-7-15)13(4,5)10-14/h6-10H2,1-5H3. The molecule has 0 aromatic rings. The molecule has 1 aliphatic rings. The third-order valence-corrected chi connectivity index (χ3v) is 3.11. The van der Waals surface area contributed by atoms with Crippen molar-refractivity contribution < 1.29 is 13.9 Å². The van der Waals surface area contributed by atoms with Gasteiger partial charge >= 0.3 is 6.09 Å². The lowest BCUT2D eigenvalue weighted by atomic mass is 10.0. The maximum absolute atomic E-state index is 12.9. The number of carbonyl (C=O) groups is 1. The predicted molar refractivity (Wildman–Crippen MR) is 69.4 cm³/mol. The number of alkyl halides is 1. The molecule has 1 aliphatic heterocycles. The van der Waals surface area contributed by atoms with Crippen LogP contribution in [0.2, 0.25) is 0 Å². The summed E-state index contributed by atoms with van der Waals surface area (Å²) >= 11 is 0. The summed E-state index contributed by atoms with van der Waals surface area (Å²) in [7, 11) is 0. The quantitative estimate of drug-likeness (QED) is 0.763. The third kappa shape index (κ3) is 4.12. The number of carbonyl (C=O) groups excluding carboxylic acids is 1. The fourth-order valence-corrected chi connectivity index (χ4v) is 1.91. The maximum Gasteiger partial charge on any atom is 0.410 e. The highest BCUT2D eigenvalue weighted by atomic mass is 19.1. The Hall–Kier alpha value is -0.840. The van der Waals surface area contributed by atoms with Crippen LogP contribution in [0.1, 0.15) is 34.6 Å². The summed E-state index contributed by atoms with van der Waals surface area (Å²) in [5.74, 6) is 0. The molecule has 106 valence electrons. The number of nitrogens with zero attached hydrogens (tertiary/aromatic N) is 2. The molecule has 18 heavy (non-hydrogen) atoms. The van der Waals surface area contributed by atoms with E-state index in [1.54, 1.807) is 4.90 Å². The smallest absolute Gasteiger partial charge is 0.410 e. The van der Waals surface area contributed by atoms with Crippen LogP contribution in [-0.2, 0) is 4.74 Å². The summed E-state index contributed by atoms with van der Waals surface area (Å²) in [5.41, 5.74) is -0.910. The highest BCUT2D eigenvalue weighted by Crippen LogP contribution is 2.18. The predicted octanol–water partition coefficient (Wildman–Crippen LogP) is 2.29. The second-order valence-corrected chi connectivity index (χ2v) is 6.40. The van der Waals surface area contributed by atoms with Crippen LogP contribution in [0.25, 0.3) is 0 Å². The van der Waals surface area contributed by atoms with Gasteiger partial charge in [-0.05, 0) is 34.6 Å². The third-order valence-electron chi connectivity index (χ3n) is 3.11. The highest BCUT2D eigenvalue weighted by molar-refractivity contribution is 5.68. The Morgan fingerprint density at radius 3 is 2.00 bits per heavy atom. The van der Waals surface area contributed by atoms with Gasteiger partial charge in [-0.1, -0.05) is 0 Å². The molecule has 0 bridgehead atoms. The van der Waals surface area contributed by atoms with E-state index in [1.165, 1.54) is 0 Å². The van der Waals surface area contributed by atoms with Gasteiger partial charge in [-0.3, -0.25) is 4.90 Å². The van der Waals surface area contributed by atoms with Gasteiger partial charge < -0.3 is 9.64 Å². The lowest BCUT2D eigenvalue weighted by Crippen LogP contribution is -2.57. The first kappa shape index (κ1) is 15.2. The van der Waals surface area contributed by atoms with E-state index >= 15 is 0 Å². The average Bonchev–Trinajstić information content (AvgIpc) is 2.27. The zero-order valence-corrected chi connectivity index (χ0v) is 12.1. The Morgan fingerprint density at radius 2 is 1.61 bits per heavy atom. The number of amides is 1. The fraction of sp³-hybridized carbons (Fsp3) is 0.923. The zero-order valence-electron chi connectivity index (χ0n) is 12.1. The van der Waals surface area contributed by atoms with Gasteiger partial charge in [0.1, 0.15) is 12.3 Å². The Labute approximate surface area is 109 Å². The van der Waals surface area contributed by atoms with Crippen LogP contribution in [0.3, 0.4) is 0 Å². The van der Waals surface area contributed by atoms with Crippen molar-refractivity contribution in [3.05, 3.63) is 0 Å². The van der Waals surface area contributed by atoms with Crippen molar-refractivity contribution in [2.45, 2.75) is 45.8 Å². The van der Waals surface area contributed by atoms with E-state index in [0.29, 0.717) is 26.2 Å². The van der Waals surface area contributed by atoms with Crippen molar-refractivity contribution in [2.24, 2.45) is 0 Å². The minimum Gasteiger partial charge on any atom is -0.444 e. The van der Waals surface area contributed by atoms with E-state index in [1.807, 2.05) is 34.6 Å². The molecule has 0 aromatic heterocycles. The molecule has 1 amide bonds. The van der Waals surface area contributed by atoms with Crippen LogP contribution in [0, 0.1) is 0 Å². The molecule has 5 heteroatoms. The molecule has 1 saturated heterocycles. The van der Waals surface area contributed by atoms with Crippen LogP contribution in [-0.4, -0.2) is 59.9 Å². The molecule has 4 nitrogen and oxygen atoms in total. The fourth-order valence-electron chi connectivity index (χ4n) is 1.91. The van der Waals surface area contributed by atoms with Gasteiger partial charge in [0, 0.05) is 31.7 Å². The second-order valence-electron chi connectivity index (χ2n) is 6.40. The van der Waals surface area contributed by atoms with E-state index < -0.39 is 11.1 Å². The van der Waals surface area contributed by atoms with Gasteiger partial charge in [-0.25, -0.2) is 9.18 Å². The van der Waals surface area contributed by atoms with E-state index in [-0.39, 0.29) is 12.8 Å². The maximum atomic E-state index is 12.9. The van der Waals surface area contributed by atoms with Crippen LogP contribution in [0.15, 0.2) is 0 Å². The molecule has 0 spiro atoms. The van der Waals surface area contributed by atoms with E-state index in [9.17, 15) is 9.18 Å². The van der Waals surface area contributed by atoms with Crippen LogP contribution in [0.5, 0.6) is 0 Å². The first-order chi connectivity index (χ1) is 8.15. The number of hydrogen-bond donors (Lipinski definition) is 0. The number of rotatable bonds is 2. The lowest BCUT2D eigenvalue weighted by molar-refractivity contribution is -0.00159. The van der Waals surface area contributed by atoms with Crippen molar-refractivity contribution in [1.82, 2.24) is 9.80 Å². The lowest BCUT2D eigenvalue weighted by Gasteiger charge is -2.42. The summed E-state index contributed by atoms with van der Waals surface area (Å²) in [6, 6.07) is 0. The normalized spacial score (nSPS) is 18.9. The number of piperazine rings is 1. The van der Waals surface area contributed by atoms with Crippen molar-refractivity contribution in [1.29, 1.82) is 0 Å². The molecular weight excluding hydrogens is 235 g/mol. The summed E-state index contributed by atoms with van der Waals surface area (Å²) in [6.45, 7) is 11.5. The van der Waals surface area contributed by atoms with Gasteiger partial charge in [-0.2, -0.15) is 0 Å². The molecule has 0 N–H and O–H groups in total. The molecule has 0 unspecified atom stereocenters. The monoisotopic (exact) mass is 260 g/mol. The Kier molecular flexibility index (Phi) is 4.59. The number of ether oxygens (including phenoxy) is 1. The molecule has 1 fully saturated rings. The molecule has 1 heterocycles. The van der Waals surface area contributed by atoms with Crippen molar-refractivity contribution in [3.8, 4) is 0 Å². The highest BCUT2D eigenvalue weighted by Gasteiger charge is 2.32. The van der Waals surface area contributed by atoms with Crippen molar-refractivity contribution in [3.63, 3.8) is 0 Å². The Morgan fingerprint density at radius 1 is 1.11 bits per heavy atom. The molecule has 1 rings (SSSR count). The second kappa shape index (κ2) is 5.43. The SMILES string of the molecule is CC(C)(C)OC(=O)N1CCN(C(C)(C)CF)CC1. The van der Waals surface area contributed by atoms with E-state index in [4.69, 9.17) is 4.74 Å². The first-order valence-corrected chi connectivity index (χ1v) is 6.45. The summed E-state index contributed by atoms with van der Waals surface area (Å²) < 4.78 is 18.2. The number of halogens is 1. The number of hydrogen-bond acceptors (Lipinski definition) is 3. The summed E-state index contributed by atoms with van der Waals surface area (Å²) in [5, 5.41) is 0. The largest absolute Gasteiger partial charge is 0.444 e. The van der Waals surface area contributed by atoms with Gasteiger partial charge in [0.25, 0.3) is 0 Å². The van der Waals surface area contributed by atoms with Crippen molar-refractivity contribution >= 4 is 6.09 Å². The minimum absolute atomic E-state index is 0.278. The van der Waals surface area contributed by atoms with Gasteiger partial charge in [0.2, 0.25) is 0 Å². The summed E-state index contributed by atoms with van der Waals surface area (Å²) in [6.07, 6.45) is -0.278. The van der Waals surface area contributed by atoms with Crippen LogP contribution >= 0.6 is 0 Å². The van der Waals surface area contributed by atoms with Crippen molar-refractivity contribution in [2.75, 3.05) is 32.9 Å². The average molecular weight is 260 g/mol.